The zero-order chi connectivity index (χ0) is 14.4. The molecule has 0 saturated carbocycles. The lowest BCUT2D eigenvalue weighted by Crippen LogP contribution is -2.33. The van der Waals surface area contributed by atoms with Crippen molar-refractivity contribution in [3.8, 4) is 0 Å². The maximum absolute atomic E-state index is 13.2. The first-order chi connectivity index (χ1) is 9.69. The van der Waals surface area contributed by atoms with Gasteiger partial charge in [-0.3, -0.25) is 0 Å². The van der Waals surface area contributed by atoms with Crippen LogP contribution in [0.25, 0.3) is 0 Å². The summed E-state index contributed by atoms with van der Waals surface area (Å²) in [6.07, 6.45) is 1.92. The lowest BCUT2D eigenvalue weighted by molar-refractivity contribution is 0.519. The third kappa shape index (κ3) is 4.17. The average molecular weight is 271 g/mol. The molecule has 2 aromatic carbocycles. The normalized spacial score (nSPS) is 12.3. The third-order valence-corrected chi connectivity index (χ3v) is 3.59. The van der Waals surface area contributed by atoms with Gasteiger partial charge in [-0.1, -0.05) is 43.3 Å². The SMILES string of the molecule is CCNC(Cc1ccccc1)Cc1ccc(F)cc1C. The van der Waals surface area contributed by atoms with Crippen LogP contribution in [0, 0.1) is 12.7 Å². The maximum atomic E-state index is 13.2. The van der Waals surface area contributed by atoms with Crippen LogP contribution in [0.4, 0.5) is 4.39 Å². The molecule has 0 amide bonds. The molecule has 2 heteroatoms. The van der Waals surface area contributed by atoms with E-state index in [2.05, 4.69) is 36.5 Å². The van der Waals surface area contributed by atoms with Crippen LogP contribution in [0.5, 0.6) is 0 Å². The van der Waals surface area contributed by atoms with Gasteiger partial charge in [0, 0.05) is 6.04 Å². The molecule has 0 aromatic heterocycles. The first-order valence-corrected chi connectivity index (χ1v) is 7.21. The summed E-state index contributed by atoms with van der Waals surface area (Å²) >= 11 is 0. The fourth-order valence-corrected chi connectivity index (χ4v) is 2.56. The minimum Gasteiger partial charge on any atom is -0.314 e. The van der Waals surface area contributed by atoms with Crippen LogP contribution in [0.3, 0.4) is 0 Å². The summed E-state index contributed by atoms with van der Waals surface area (Å²) in [4.78, 5) is 0. The summed E-state index contributed by atoms with van der Waals surface area (Å²) in [7, 11) is 0. The summed E-state index contributed by atoms with van der Waals surface area (Å²) in [5.41, 5.74) is 3.58. The summed E-state index contributed by atoms with van der Waals surface area (Å²) in [5.74, 6) is -0.158. The standard InChI is InChI=1S/C18H22FN/c1-3-20-18(12-15-7-5-4-6-8-15)13-16-9-10-17(19)11-14(16)2/h4-11,18,20H,3,12-13H2,1-2H3. The minimum atomic E-state index is -0.158. The van der Waals surface area contributed by atoms with Crippen molar-refractivity contribution in [1.29, 1.82) is 0 Å². The van der Waals surface area contributed by atoms with Crippen molar-refractivity contribution in [3.63, 3.8) is 0 Å². The van der Waals surface area contributed by atoms with E-state index in [9.17, 15) is 4.39 Å². The lowest BCUT2D eigenvalue weighted by Gasteiger charge is -2.19. The Morgan fingerprint density at radius 2 is 1.80 bits per heavy atom. The van der Waals surface area contributed by atoms with Crippen LogP contribution in [-0.4, -0.2) is 12.6 Å². The molecule has 20 heavy (non-hydrogen) atoms. The van der Waals surface area contributed by atoms with Crippen molar-refractivity contribution >= 4 is 0 Å². The van der Waals surface area contributed by atoms with E-state index >= 15 is 0 Å². The molecule has 0 radical (unpaired) electrons. The van der Waals surface area contributed by atoms with E-state index in [4.69, 9.17) is 0 Å². The van der Waals surface area contributed by atoms with Crippen LogP contribution < -0.4 is 5.32 Å². The predicted molar refractivity (Wildman–Crippen MR) is 82.5 cm³/mol. The highest BCUT2D eigenvalue weighted by Gasteiger charge is 2.11. The number of hydrogen-bond acceptors (Lipinski definition) is 1. The van der Waals surface area contributed by atoms with Crippen molar-refractivity contribution in [1.82, 2.24) is 5.32 Å². The molecular weight excluding hydrogens is 249 g/mol. The third-order valence-electron chi connectivity index (χ3n) is 3.59. The van der Waals surface area contributed by atoms with Gasteiger partial charge in [0.25, 0.3) is 0 Å². The Balaban J connectivity index is 2.09. The minimum absolute atomic E-state index is 0.158. The number of hydrogen-bond donors (Lipinski definition) is 1. The summed E-state index contributed by atoms with van der Waals surface area (Å²) < 4.78 is 13.2. The van der Waals surface area contributed by atoms with Gasteiger partial charge >= 0.3 is 0 Å². The molecule has 0 spiro atoms. The molecule has 1 unspecified atom stereocenters. The predicted octanol–water partition coefficient (Wildman–Crippen LogP) is 3.90. The van der Waals surface area contributed by atoms with E-state index in [0.29, 0.717) is 6.04 Å². The number of halogens is 1. The van der Waals surface area contributed by atoms with Crippen molar-refractivity contribution in [3.05, 3.63) is 71.0 Å². The number of benzene rings is 2. The molecule has 0 fully saturated rings. The highest BCUT2D eigenvalue weighted by atomic mass is 19.1. The molecule has 0 aliphatic heterocycles. The monoisotopic (exact) mass is 271 g/mol. The summed E-state index contributed by atoms with van der Waals surface area (Å²) in [5, 5.41) is 3.53. The molecule has 0 aliphatic carbocycles. The van der Waals surface area contributed by atoms with Gasteiger partial charge < -0.3 is 5.32 Å². The fourth-order valence-electron chi connectivity index (χ4n) is 2.56. The molecule has 0 heterocycles. The van der Waals surface area contributed by atoms with Gasteiger partial charge in [-0.2, -0.15) is 0 Å². The molecule has 2 aromatic rings. The highest BCUT2D eigenvalue weighted by molar-refractivity contribution is 5.28. The Bertz CT molecular complexity index is 536. The van der Waals surface area contributed by atoms with Crippen molar-refractivity contribution < 1.29 is 4.39 Å². The molecule has 1 nitrogen and oxygen atoms in total. The van der Waals surface area contributed by atoms with Crippen molar-refractivity contribution in [2.45, 2.75) is 32.7 Å². The highest BCUT2D eigenvalue weighted by Crippen LogP contribution is 2.14. The van der Waals surface area contributed by atoms with Crippen LogP contribution in [0.1, 0.15) is 23.6 Å². The molecule has 1 atom stereocenters. The lowest BCUT2D eigenvalue weighted by atomic mass is 9.96. The maximum Gasteiger partial charge on any atom is 0.123 e. The summed E-state index contributed by atoms with van der Waals surface area (Å²) in [6, 6.07) is 15.9. The van der Waals surface area contributed by atoms with Gasteiger partial charge in [0.2, 0.25) is 0 Å². The Morgan fingerprint density at radius 1 is 1.05 bits per heavy atom. The van der Waals surface area contributed by atoms with Crippen molar-refractivity contribution in [2.24, 2.45) is 0 Å². The quantitative estimate of drug-likeness (QED) is 0.840. The van der Waals surface area contributed by atoms with Crippen LogP contribution in [-0.2, 0) is 12.8 Å². The first kappa shape index (κ1) is 14.7. The second-order valence-electron chi connectivity index (χ2n) is 5.22. The van der Waals surface area contributed by atoms with Gasteiger partial charge in [-0.15, -0.1) is 0 Å². The van der Waals surface area contributed by atoms with E-state index < -0.39 is 0 Å². The molecule has 0 bridgehead atoms. The van der Waals surface area contributed by atoms with E-state index in [-0.39, 0.29) is 5.82 Å². The zero-order valence-electron chi connectivity index (χ0n) is 12.2. The van der Waals surface area contributed by atoms with E-state index in [0.717, 1.165) is 24.9 Å². The smallest absolute Gasteiger partial charge is 0.123 e. The fraction of sp³-hybridized carbons (Fsp3) is 0.333. The van der Waals surface area contributed by atoms with E-state index in [1.807, 2.05) is 19.1 Å². The van der Waals surface area contributed by atoms with Gasteiger partial charge in [-0.05, 0) is 55.1 Å². The Hall–Kier alpha value is -1.67. The zero-order valence-corrected chi connectivity index (χ0v) is 12.2. The largest absolute Gasteiger partial charge is 0.314 e. The number of likely N-dealkylation sites (N-methyl/N-ethyl adjacent to an activating group) is 1. The van der Waals surface area contributed by atoms with Crippen LogP contribution in [0.2, 0.25) is 0 Å². The number of aryl methyl sites for hydroxylation is 1. The first-order valence-electron chi connectivity index (χ1n) is 7.21. The average Bonchev–Trinajstić information content (AvgIpc) is 2.43. The molecule has 1 N–H and O–H groups in total. The van der Waals surface area contributed by atoms with Crippen LogP contribution in [0.15, 0.2) is 48.5 Å². The topological polar surface area (TPSA) is 12.0 Å². The van der Waals surface area contributed by atoms with Crippen LogP contribution >= 0.6 is 0 Å². The Labute approximate surface area is 120 Å². The van der Waals surface area contributed by atoms with Gasteiger partial charge in [-0.25, -0.2) is 4.39 Å². The second kappa shape index (κ2) is 7.20. The van der Waals surface area contributed by atoms with Crippen molar-refractivity contribution in [2.75, 3.05) is 6.54 Å². The molecule has 106 valence electrons. The summed E-state index contributed by atoms with van der Waals surface area (Å²) in [6.45, 7) is 5.04. The number of rotatable bonds is 6. The van der Waals surface area contributed by atoms with E-state index in [1.54, 1.807) is 12.1 Å². The molecule has 0 saturated heterocycles. The Kier molecular flexibility index (Phi) is 5.31. The van der Waals surface area contributed by atoms with E-state index in [1.165, 1.54) is 11.1 Å². The Morgan fingerprint density at radius 3 is 2.45 bits per heavy atom. The number of nitrogens with one attached hydrogen (secondary N) is 1. The van der Waals surface area contributed by atoms with Gasteiger partial charge in [0.05, 0.1) is 0 Å². The van der Waals surface area contributed by atoms with Gasteiger partial charge in [0.1, 0.15) is 5.82 Å². The molecular formula is C18H22FN. The second-order valence-corrected chi connectivity index (χ2v) is 5.22. The molecule has 0 aliphatic rings. The molecule has 2 rings (SSSR count). The van der Waals surface area contributed by atoms with Gasteiger partial charge in [0.15, 0.2) is 0 Å².